The van der Waals surface area contributed by atoms with Crippen LogP contribution in [0.4, 0.5) is 0 Å². The van der Waals surface area contributed by atoms with E-state index in [0.29, 0.717) is 28.8 Å². The molecule has 6 heteroatoms. The van der Waals surface area contributed by atoms with E-state index in [1.165, 1.54) is 5.56 Å². The number of ketones is 1. The fraction of sp³-hybridized carbons (Fsp3) is 0.273. The van der Waals surface area contributed by atoms with Gasteiger partial charge < -0.3 is 20.1 Å². The summed E-state index contributed by atoms with van der Waals surface area (Å²) in [5.74, 6) is 1.24. The summed E-state index contributed by atoms with van der Waals surface area (Å²) in [5.41, 5.74) is 4.57. The number of ether oxygens (including phenoxy) is 2. The Kier molecular flexibility index (Phi) is 5.99. The average molecular weight is 397 g/mol. The van der Waals surface area contributed by atoms with E-state index in [4.69, 9.17) is 21.7 Å². The second kappa shape index (κ2) is 8.44. The second-order valence-electron chi connectivity index (χ2n) is 6.81. The Hall–Kier alpha value is -2.86. The molecule has 1 atom stereocenters. The number of Topliss-reactive ketones (excluding diaryl/α,β-unsaturated/α-hetero) is 1. The van der Waals surface area contributed by atoms with Crippen LogP contribution in [-0.4, -0.2) is 18.0 Å². The molecule has 146 valence electrons. The monoisotopic (exact) mass is 396 g/mol. The number of aryl methyl sites for hydroxylation is 1. The summed E-state index contributed by atoms with van der Waals surface area (Å²) in [6.07, 6.45) is 0. The molecule has 1 aliphatic heterocycles. The predicted octanol–water partition coefficient (Wildman–Crippen LogP) is 3.96. The van der Waals surface area contributed by atoms with Gasteiger partial charge in [-0.25, -0.2) is 0 Å². The fourth-order valence-corrected chi connectivity index (χ4v) is 3.51. The smallest absolute Gasteiger partial charge is 0.171 e. The van der Waals surface area contributed by atoms with Crippen LogP contribution in [0.5, 0.6) is 11.5 Å². The first-order valence-electron chi connectivity index (χ1n) is 9.04. The number of allylic oxidation sites excluding steroid dienone is 1. The van der Waals surface area contributed by atoms with Crippen LogP contribution in [-0.2, 0) is 11.4 Å². The number of carbonyl (C=O) groups is 1. The van der Waals surface area contributed by atoms with Gasteiger partial charge in [-0.1, -0.05) is 35.9 Å². The molecule has 0 amide bonds. The predicted molar refractivity (Wildman–Crippen MR) is 113 cm³/mol. The SMILES string of the molecule is COc1ccc(C2NC(=S)NC(C)=C2C(C)=O)cc1OCc1ccc(C)cc1. The first kappa shape index (κ1) is 19.9. The maximum Gasteiger partial charge on any atom is 0.171 e. The molecule has 0 bridgehead atoms. The van der Waals surface area contributed by atoms with Crippen LogP contribution in [0.3, 0.4) is 0 Å². The van der Waals surface area contributed by atoms with Crippen molar-refractivity contribution in [2.24, 2.45) is 0 Å². The molecule has 2 aromatic carbocycles. The summed E-state index contributed by atoms with van der Waals surface area (Å²) < 4.78 is 11.5. The van der Waals surface area contributed by atoms with E-state index in [1.54, 1.807) is 14.0 Å². The third-order valence-electron chi connectivity index (χ3n) is 4.68. The number of hydrogen-bond donors (Lipinski definition) is 2. The van der Waals surface area contributed by atoms with Crippen molar-refractivity contribution >= 4 is 23.1 Å². The molecule has 28 heavy (non-hydrogen) atoms. The van der Waals surface area contributed by atoms with Gasteiger partial charge in [-0.15, -0.1) is 0 Å². The number of nitrogens with one attached hydrogen (secondary N) is 2. The Morgan fingerprint density at radius 1 is 1.11 bits per heavy atom. The van der Waals surface area contributed by atoms with Crippen molar-refractivity contribution in [3.05, 3.63) is 70.4 Å². The van der Waals surface area contributed by atoms with Gasteiger partial charge >= 0.3 is 0 Å². The first-order chi connectivity index (χ1) is 13.4. The zero-order valence-electron chi connectivity index (χ0n) is 16.5. The highest BCUT2D eigenvalue weighted by Gasteiger charge is 2.28. The summed E-state index contributed by atoms with van der Waals surface area (Å²) in [4.78, 5) is 12.2. The molecule has 1 heterocycles. The molecular weight excluding hydrogens is 372 g/mol. The minimum Gasteiger partial charge on any atom is -0.493 e. The Labute approximate surface area is 170 Å². The van der Waals surface area contributed by atoms with Gasteiger partial charge in [0.2, 0.25) is 0 Å². The maximum atomic E-state index is 12.2. The van der Waals surface area contributed by atoms with E-state index in [0.717, 1.165) is 16.8 Å². The van der Waals surface area contributed by atoms with Crippen molar-refractivity contribution in [2.45, 2.75) is 33.4 Å². The van der Waals surface area contributed by atoms with Gasteiger partial charge in [0.15, 0.2) is 22.4 Å². The van der Waals surface area contributed by atoms with Crippen LogP contribution >= 0.6 is 12.2 Å². The zero-order chi connectivity index (χ0) is 20.3. The molecule has 1 unspecified atom stereocenters. The van der Waals surface area contributed by atoms with E-state index >= 15 is 0 Å². The van der Waals surface area contributed by atoms with Crippen molar-refractivity contribution in [3.8, 4) is 11.5 Å². The van der Waals surface area contributed by atoms with Crippen molar-refractivity contribution < 1.29 is 14.3 Å². The number of hydrogen-bond acceptors (Lipinski definition) is 4. The lowest BCUT2D eigenvalue weighted by Gasteiger charge is -2.30. The summed E-state index contributed by atoms with van der Waals surface area (Å²) in [7, 11) is 1.61. The van der Waals surface area contributed by atoms with E-state index in [-0.39, 0.29) is 11.8 Å². The molecule has 0 aliphatic carbocycles. The van der Waals surface area contributed by atoms with Crippen LogP contribution in [0, 0.1) is 6.92 Å². The normalized spacial score (nSPS) is 16.3. The molecular formula is C22H24N2O3S. The Morgan fingerprint density at radius 3 is 2.46 bits per heavy atom. The molecule has 2 aromatic rings. The lowest BCUT2D eigenvalue weighted by atomic mass is 9.93. The third kappa shape index (κ3) is 4.34. The third-order valence-corrected chi connectivity index (χ3v) is 4.90. The lowest BCUT2D eigenvalue weighted by Crippen LogP contribution is -2.44. The van der Waals surface area contributed by atoms with E-state index in [9.17, 15) is 4.79 Å². The van der Waals surface area contributed by atoms with E-state index in [2.05, 4.69) is 29.7 Å². The molecule has 0 saturated carbocycles. The topological polar surface area (TPSA) is 59.6 Å². The van der Waals surface area contributed by atoms with E-state index < -0.39 is 0 Å². The number of thiocarbonyl (C=S) groups is 1. The number of methoxy groups -OCH3 is 1. The highest BCUT2D eigenvalue weighted by molar-refractivity contribution is 7.80. The number of carbonyl (C=O) groups excluding carboxylic acids is 1. The quantitative estimate of drug-likeness (QED) is 0.721. The van der Waals surface area contributed by atoms with Crippen molar-refractivity contribution in [1.82, 2.24) is 10.6 Å². The van der Waals surface area contributed by atoms with Crippen LogP contribution in [0.25, 0.3) is 0 Å². The van der Waals surface area contributed by atoms with E-state index in [1.807, 2.05) is 37.3 Å². The Bertz CT molecular complexity index is 935. The molecule has 0 spiro atoms. The summed E-state index contributed by atoms with van der Waals surface area (Å²) >= 11 is 5.28. The first-order valence-corrected chi connectivity index (χ1v) is 9.45. The molecule has 0 radical (unpaired) electrons. The van der Waals surface area contributed by atoms with Crippen LogP contribution in [0.2, 0.25) is 0 Å². The molecule has 0 aromatic heterocycles. The fourth-order valence-electron chi connectivity index (χ4n) is 3.24. The summed E-state index contributed by atoms with van der Waals surface area (Å²) in [5, 5.41) is 6.70. The number of rotatable bonds is 6. The van der Waals surface area contributed by atoms with Gasteiger partial charge in [0.25, 0.3) is 0 Å². The molecule has 1 aliphatic rings. The minimum absolute atomic E-state index is 0.0112. The molecule has 3 rings (SSSR count). The van der Waals surface area contributed by atoms with Gasteiger partial charge in [-0.3, -0.25) is 4.79 Å². The van der Waals surface area contributed by atoms with Crippen molar-refractivity contribution in [1.29, 1.82) is 0 Å². The highest BCUT2D eigenvalue weighted by atomic mass is 32.1. The molecule has 2 N–H and O–H groups in total. The van der Waals surface area contributed by atoms with Gasteiger partial charge in [-0.05, 0) is 56.2 Å². The maximum absolute atomic E-state index is 12.2. The Balaban J connectivity index is 1.91. The average Bonchev–Trinajstić information content (AvgIpc) is 2.66. The summed E-state index contributed by atoms with van der Waals surface area (Å²) in [6.45, 7) is 5.89. The standard InChI is InChI=1S/C22H24N2O3S/c1-13-5-7-16(8-6-13)12-27-19-11-17(9-10-18(19)26-4)21-20(15(3)25)14(2)23-22(28)24-21/h5-11,21H,12H2,1-4H3,(H2,23,24,28). The van der Waals surface area contributed by atoms with Gasteiger partial charge in [0, 0.05) is 11.3 Å². The van der Waals surface area contributed by atoms with Crippen molar-refractivity contribution in [2.75, 3.05) is 7.11 Å². The molecule has 0 fully saturated rings. The largest absolute Gasteiger partial charge is 0.493 e. The zero-order valence-corrected chi connectivity index (χ0v) is 17.3. The van der Waals surface area contributed by atoms with Crippen LogP contribution in [0.1, 0.15) is 36.6 Å². The van der Waals surface area contributed by atoms with Gasteiger partial charge in [0.05, 0.1) is 13.2 Å². The summed E-state index contributed by atoms with van der Waals surface area (Å²) in [6, 6.07) is 13.5. The van der Waals surface area contributed by atoms with Crippen LogP contribution < -0.4 is 20.1 Å². The lowest BCUT2D eigenvalue weighted by molar-refractivity contribution is -0.114. The highest BCUT2D eigenvalue weighted by Crippen LogP contribution is 2.34. The molecule has 5 nitrogen and oxygen atoms in total. The van der Waals surface area contributed by atoms with Gasteiger partial charge in [0.1, 0.15) is 6.61 Å². The van der Waals surface area contributed by atoms with Crippen molar-refractivity contribution in [3.63, 3.8) is 0 Å². The number of benzene rings is 2. The Morgan fingerprint density at radius 2 is 1.82 bits per heavy atom. The van der Waals surface area contributed by atoms with Gasteiger partial charge in [-0.2, -0.15) is 0 Å². The second-order valence-corrected chi connectivity index (χ2v) is 7.22. The molecule has 0 saturated heterocycles. The minimum atomic E-state index is -0.334. The van der Waals surface area contributed by atoms with Crippen LogP contribution in [0.15, 0.2) is 53.7 Å².